The first kappa shape index (κ1) is 15.5. The molecule has 23 heavy (non-hydrogen) atoms. The maximum atomic E-state index is 11.5. The summed E-state index contributed by atoms with van der Waals surface area (Å²) in [5, 5.41) is 3.34. The second-order valence-electron chi connectivity index (χ2n) is 5.77. The summed E-state index contributed by atoms with van der Waals surface area (Å²) in [4.78, 5) is 15.4. The van der Waals surface area contributed by atoms with Crippen LogP contribution in [0.1, 0.15) is 34.9 Å². The Morgan fingerprint density at radius 1 is 1.30 bits per heavy atom. The van der Waals surface area contributed by atoms with Gasteiger partial charge in [-0.15, -0.1) is 0 Å². The van der Waals surface area contributed by atoms with Crippen LogP contribution in [0.25, 0.3) is 0 Å². The molecule has 0 aliphatic carbocycles. The Morgan fingerprint density at radius 2 is 2.13 bits per heavy atom. The van der Waals surface area contributed by atoms with Crippen LogP contribution in [0.4, 0.5) is 5.69 Å². The number of hydrogen-bond acceptors (Lipinski definition) is 4. The highest BCUT2D eigenvalue weighted by molar-refractivity contribution is 5.98. The predicted octanol–water partition coefficient (Wildman–Crippen LogP) is 2.76. The van der Waals surface area contributed by atoms with E-state index in [1.807, 2.05) is 18.2 Å². The molecular weight excluding hydrogens is 290 g/mol. The van der Waals surface area contributed by atoms with E-state index >= 15 is 0 Å². The smallest absolute Gasteiger partial charge is 0.252 e. The van der Waals surface area contributed by atoms with E-state index in [9.17, 15) is 4.79 Å². The Balaban J connectivity index is 1.72. The summed E-state index contributed by atoms with van der Waals surface area (Å²) in [6.45, 7) is 1.52. The third kappa shape index (κ3) is 3.68. The Hall–Kier alpha value is -2.40. The van der Waals surface area contributed by atoms with Crippen molar-refractivity contribution in [1.29, 1.82) is 0 Å². The number of nitrogens with two attached hydrogens (primary N) is 1. The first-order valence-corrected chi connectivity index (χ1v) is 7.90. The Labute approximate surface area is 135 Å². The third-order valence-electron chi connectivity index (χ3n) is 4.21. The summed E-state index contributed by atoms with van der Waals surface area (Å²) in [5.41, 5.74) is 7.74. The molecule has 5 nitrogen and oxygen atoms in total. The zero-order valence-electron chi connectivity index (χ0n) is 12.9. The number of anilines is 1. The average Bonchev–Trinajstić information content (AvgIpc) is 2.61. The van der Waals surface area contributed by atoms with Crippen molar-refractivity contribution >= 4 is 11.6 Å². The maximum absolute atomic E-state index is 11.5. The molecule has 3 N–H and O–H groups in total. The number of rotatable bonds is 5. The molecule has 2 unspecified atom stereocenters. The quantitative estimate of drug-likeness (QED) is 0.890. The number of primary amides is 1. The van der Waals surface area contributed by atoms with Gasteiger partial charge in [-0.2, -0.15) is 0 Å². The lowest BCUT2D eigenvalue weighted by atomic mass is 9.89. The molecule has 1 fully saturated rings. The normalized spacial score (nSPS) is 20.9. The number of aromatic nitrogens is 1. The number of benzene rings is 1. The number of nitrogens with zero attached hydrogens (tertiary/aromatic N) is 1. The minimum atomic E-state index is -0.472. The van der Waals surface area contributed by atoms with Crippen LogP contribution in [0.3, 0.4) is 0 Å². The van der Waals surface area contributed by atoms with Gasteiger partial charge in [-0.3, -0.25) is 9.78 Å². The Bertz CT molecular complexity index is 660. The van der Waals surface area contributed by atoms with E-state index in [0.29, 0.717) is 11.5 Å². The SMILES string of the molecule is NC(=O)c1cnccc1NCC1CCCOC1c1ccccc1. The molecule has 120 valence electrons. The van der Waals surface area contributed by atoms with Gasteiger partial charge in [0, 0.05) is 31.5 Å². The van der Waals surface area contributed by atoms with Crippen molar-refractivity contribution in [2.24, 2.45) is 11.7 Å². The highest BCUT2D eigenvalue weighted by Gasteiger charge is 2.27. The van der Waals surface area contributed by atoms with Crippen molar-refractivity contribution in [3.05, 3.63) is 59.9 Å². The van der Waals surface area contributed by atoms with Gasteiger partial charge in [-0.05, 0) is 24.5 Å². The van der Waals surface area contributed by atoms with E-state index in [0.717, 1.165) is 31.7 Å². The third-order valence-corrected chi connectivity index (χ3v) is 4.21. The van der Waals surface area contributed by atoms with Gasteiger partial charge < -0.3 is 15.8 Å². The van der Waals surface area contributed by atoms with Gasteiger partial charge in [0.25, 0.3) is 5.91 Å². The summed E-state index contributed by atoms with van der Waals surface area (Å²) >= 11 is 0. The molecular formula is C18H21N3O2. The second kappa shape index (κ2) is 7.24. The molecule has 1 aliphatic rings. The van der Waals surface area contributed by atoms with E-state index in [1.54, 1.807) is 12.3 Å². The van der Waals surface area contributed by atoms with E-state index in [4.69, 9.17) is 10.5 Å². The molecule has 0 bridgehead atoms. The first-order valence-electron chi connectivity index (χ1n) is 7.90. The van der Waals surface area contributed by atoms with Crippen LogP contribution < -0.4 is 11.1 Å². The standard InChI is InChI=1S/C18H21N3O2/c19-18(22)15-12-20-9-8-16(15)21-11-14-7-4-10-23-17(14)13-5-2-1-3-6-13/h1-3,5-6,8-9,12,14,17H,4,7,10-11H2,(H2,19,22)(H,20,21). The van der Waals surface area contributed by atoms with E-state index < -0.39 is 5.91 Å². The van der Waals surface area contributed by atoms with Crippen LogP contribution >= 0.6 is 0 Å². The number of amides is 1. The lowest BCUT2D eigenvalue weighted by molar-refractivity contribution is -0.0238. The van der Waals surface area contributed by atoms with Crippen molar-refractivity contribution < 1.29 is 9.53 Å². The van der Waals surface area contributed by atoms with Crippen LogP contribution in [-0.2, 0) is 4.74 Å². The Kier molecular flexibility index (Phi) is 4.88. The highest BCUT2D eigenvalue weighted by atomic mass is 16.5. The van der Waals surface area contributed by atoms with E-state index in [2.05, 4.69) is 22.4 Å². The van der Waals surface area contributed by atoms with Gasteiger partial charge in [-0.25, -0.2) is 0 Å². The second-order valence-corrected chi connectivity index (χ2v) is 5.77. The van der Waals surface area contributed by atoms with Gasteiger partial charge in [0.15, 0.2) is 0 Å². The van der Waals surface area contributed by atoms with Gasteiger partial charge in [-0.1, -0.05) is 30.3 Å². The molecule has 0 spiro atoms. The summed E-state index contributed by atoms with van der Waals surface area (Å²) < 4.78 is 6.00. The number of nitrogens with one attached hydrogen (secondary N) is 1. The minimum Gasteiger partial charge on any atom is -0.384 e. The van der Waals surface area contributed by atoms with Crippen molar-refractivity contribution in [3.8, 4) is 0 Å². The molecule has 1 aromatic carbocycles. The zero-order chi connectivity index (χ0) is 16.1. The zero-order valence-corrected chi connectivity index (χ0v) is 12.9. The summed E-state index contributed by atoms with van der Waals surface area (Å²) in [5.74, 6) is -0.125. The molecule has 0 saturated carbocycles. The molecule has 1 aromatic heterocycles. The summed E-state index contributed by atoms with van der Waals surface area (Å²) in [6.07, 6.45) is 5.37. The van der Waals surface area contributed by atoms with Crippen LogP contribution in [0, 0.1) is 5.92 Å². The number of ether oxygens (including phenoxy) is 1. The molecule has 1 amide bonds. The molecule has 1 saturated heterocycles. The van der Waals surface area contributed by atoms with Gasteiger partial charge in [0.2, 0.25) is 0 Å². The lowest BCUT2D eigenvalue weighted by Crippen LogP contribution is -2.29. The Morgan fingerprint density at radius 3 is 2.91 bits per heavy atom. The van der Waals surface area contributed by atoms with Crippen LogP contribution in [-0.4, -0.2) is 24.0 Å². The molecule has 2 heterocycles. The molecule has 0 radical (unpaired) electrons. The largest absolute Gasteiger partial charge is 0.384 e. The molecule has 2 aromatic rings. The lowest BCUT2D eigenvalue weighted by Gasteiger charge is -2.32. The fourth-order valence-electron chi connectivity index (χ4n) is 3.05. The highest BCUT2D eigenvalue weighted by Crippen LogP contribution is 2.33. The van der Waals surface area contributed by atoms with Gasteiger partial charge >= 0.3 is 0 Å². The molecule has 2 atom stereocenters. The predicted molar refractivity (Wildman–Crippen MR) is 89.1 cm³/mol. The molecule has 5 heteroatoms. The van der Waals surface area contributed by atoms with Crippen LogP contribution in [0.5, 0.6) is 0 Å². The number of hydrogen-bond donors (Lipinski definition) is 2. The van der Waals surface area contributed by atoms with Crippen LogP contribution in [0.2, 0.25) is 0 Å². The monoisotopic (exact) mass is 311 g/mol. The maximum Gasteiger partial charge on any atom is 0.252 e. The van der Waals surface area contributed by atoms with Crippen molar-refractivity contribution in [3.63, 3.8) is 0 Å². The minimum absolute atomic E-state index is 0.0799. The van der Waals surface area contributed by atoms with Gasteiger partial charge in [0.1, 0.15) is 0 Å². The van der Waals surface area contributed by atoms with Crippen molar-refractivity contribution in [2.45, 2.75) is 18.9 Å². The molecule has 1 aliphatic heterocycles. The average molecular weight is 311 g/mol. The first-order chi connectivity index (χ1) is 11.3. The van der Waals surface area contributed by atoms with Crippen molar-refractivity contribution in [2.75, 3.05) is 18.5 Å². The number of carbonyl (C=O) groups excluding carboxylic acids is 1. The molecule has 3 rings (SSSR count). The van der Waals surface area contributed by atoms with Gasteiger partial charge in [0.05, 0.1) is 17.4 Å². The topological polar surface area (TPSA) is 77.2 Å². The fraction of sp³-hybridized carbons (Fsp3) is 0.333. The fourth-order valence-corrected chi connectivity index (χ4v) is 3.05. The summed E-state index contributed by atoms with van der Waals surface area (Å²) in [6, 6.07) is 12.1. The van der Waals surface area contributed by atoms with E-state index in [-0.39, 0.29) is 6.10 Å². The van der Waals surface area contributed by atoms with Crippen molar-refractivity contribution in [1.82, 2.24) is 4.98 Å². The number of pyridine rings is 1. The summed E-state index contributed by atoms with van der Waals surface area (Å²) in [7, 11) is 0. The van der Waals surface area contributed by atoms with E-state index in [1.165, 1.54) is 11.8 Å². The van der Waals surface area contributed by atoms with Crippen LogP contribution in [0.15, 0.2) is 48.8 Å². The number of carbonyl (C=O) groups is 1.